The molecule has 18 heavy (non-hydrogen) atoms. The summed E-state index contributed by atoms with van der Waals surface area (Å²) < 4.78 is 9.92. The van der Waals surface area contributed by atoms with Crippen LogP contribution in [0.25, 0.3) is 0 Å². The van der Waals surface area contributed by atoms with Crippen LogP contribution in [0.4, 0.5) is 4.79 Å². The lowest BCUT2D eigenvalue weighted by Crippen LogP contribution is -2.20. The van der Waals surface area contributed by atoms with Gasteiger partial charge in [-0.3, -0.25) is 0 Å². The minimum absolute atomic E-state index is 0.426. The van der Waals surface area contributed by atoms with Crippen molar-refractivity contribution in [2.75, 3.05) is 5.75 Å². The summed E-state index contributed by atoms with van der Waals surface area (Å²) in [6.45, 7) is 3.49. The Bertz CT molecular complexity index is 391. The summed E-state index contributed by atoms with van der Waals surface area (Å²) in [5.41, 5.74) is 0.432. The molecule has 4 nitrogen and oxygen atoms in total. The molecule has 1 aromatic carbocycles. The maximum atomic E-state index is 11.6. The lowest BCUT2D eigenvalue weighted by molar-refractivity contribution is -0.0526. The van der Waals surface area contributed by atoms with Gasteiger partial charge in [0.25, 0.3) is 0 Å². The summed E-state index contributed by atoms with van der Waals surface area (Å²) >= 11 is 1.08. The van der Waals surface area contributed by atoms with Gasteiger partial charge >= 0.3 is 11.3 Å². The second-order valence-electron chi connectivity index (χ2n) is 3.56. The SMILES string of the molecule is CCCSC(=O)OC(C)OC(=O)c1ccccc1. The second kappa shape index (κ2) is 7.76. The predicted octanol–water partition coefficient (Wildman–Crippen LogP) is 3.47. The van der Waals surface area contributed by atoms with Crippen LogP contribution in [0.3, 0.4) is 0 Å². The van der Waals surface area contributed by atoms with Crippen molar-refractivity contribution in [3.05, 3.63) is 35.9 Å². The molecule has 0 radical (unpaired) electrons. The first-order valence-corrected chi connectivity index (χ1v) is 6.71. The highest BCUT2D eigenvalue weighted by Crippen LogP contribution is 2.11. The van der Waals surface area contributed by atoms with Gasteiger partial charge in [-0.2, -0.15) is 0 Å². The van der Waals surface area contributed by atoms with E-state index in [1.807, 2.05) is 13.0 Å². The zero-order valence-corrected chi connectivity index (χ0v) is 11.2. The Labute approximate surface area is 111 Å². The Morgan fingerprint density at radius 3 is 2.50 bits per heavy atom. The average molecular weight is 268 g/mol. The van der Waals surface area contributed by atoms with Crippen molar-refractivity contribution in [2.45, 2.75) is 26.6 Å². The predicted molar refractivity (Wildman–Crippen MR) is 70.5 cm³/mol. The van der Waals surface area contributed by atoms with Crippen LogP contribution in [0, 0.1) is 0 Å². The highest BCUT2D eigenvalue weighted by atomic mass is 32.2. The first-order valence-electron chi connectivity index (χ1n) is 5.73. The smallest absolute Gasteiger partial charge is 0.370 e. The number of carbonyl (C=O) groups excluding carboxylic acids is 2. The summed E-state index contributed by atoms with van der Waals surface area (Å²) in [5, 5.41) is -0.426. The Kier molecular flexibility index (Phi) is 6.28. The van der Waals surface area contributed by atoms with Gasteiger partial charge in [0.15, 0.2) is 0 Å². The summed E-state index contributed by atoms with van der Waals surface area (Å²) in [4.78, 5) is 22.9. The van der Waals surface area contributed by atoms with Gasteiger partial charge in [-0.15, -0.1) is 0 Å². The van der Waals surface area contributed by atoms with E-state index < -0.39 is 17.6 Å². The minimum atomic E-state index is -0.880. The van der Waals surface area contributed by atoms with Crippen molar-refractivity contribution in [3.8, 4) is 0 Å². The lowest BCUT2D eigenvalue weighted by atomic mass is 10.2. The molecule has 1 unspecified atom stereocenters. The van der Waals surface area contributed by atoms with Crippen LogP contribution in [0.15, 0.2) is 30.3 Å². The highest BCUT2D eigenvalue weighted by Gasteiger charge is 2.15. The standard InChI is InChI=1S/C13H16O4S/c1-3-9-18-13(15)17-10(2)16-12(14)11-7-5-4-6-8-11/h4-8,10H,3,9H2,1-2H3. The van der Waals surface area contributed by atoms with Gasteiger partial charge in [0.2, 0.25) is 6.29 Å². The van der Waals surface area contributed by atoms with E-state index in [1.54, 1.807) is 24.3 Å². The number of rotatable bonds is 5. The molecule has 0 N–H and O–H groups in total. The molecule has 0 aromatic heterocycles. The molecule has 5 heteroatoms. The Balaban J connectivity index is 2.38. The van der Waals surface area contributed by atoms with Crippen molar-refractivity contribution in [1.29, 1.82) is 0 Å². The van der Waals surface area contributed by atoms with E-state index in [0.29, 0.717) is 11.3 Å². The fourth-order valence-corrected chi connectivity index (χ4v) is 1.75. The quantitative estimate of drug-likeness (QED) is 0.604. The van der Waals surface area contributed by atoms with Crippen LogP contribution >= 0.6 is 11.8 Å². The molecule has 0 aliphatic heterocycles. The number of benzene rings is 1. The van der Waals surface area contributed by atoms with E-state index in [2.05, 4.69) is 0 Å². The van der Waals surface area contributed by atoms with E-state index >= 15 is 0 Å². The molecule has 1 rings (SSSR count). The van der Waals surface area contributed by atoms with Crippen LogP contribution in [-0.2, 0) is 9.47 Å². The van der Waals surface area contributed by atoms with Crippen molar-refractivity contribution in [1.82, 2.24) is 0 Å². The van der Waals surface area contributed by atoms with Gasteiger partial charge in [0, 0.05) is 12.7 Å². The Morgan fingerprint density at radius 2 is 1.89 bits per heavy atom. The summed E-state index contributed by atoms with van der Waals surface area (Å²) in [5.74, 6) is 0.189. The topological polar surface area (TPSA) is 52.6 Å². The first kappa shape index (κ1) is 14.6. The third kappa shape index (κ3) is 5.23. The van der Waals surface area contributed by atoms with Crippen molar-refractivity contribution in [3.63, 3.8) is 0 Å². The van der Waals surface area contributed by atoms with Gasteiger partial charge in [-0.25, -0.2) is 9.59 Å². The van der Waals surface area contributed by atoms with Gasteiger partial charge < -0.3 is 9.47 Å². The van der Waals surface area contributed by atoms with Crippen LogP contribution < -0.4 is 0 Å². The molecular formula is C13H16O4S. The van der Waals surface area contributed by atoms with E-state index in [-0.39, 0.29) is 0 Å². The molecule has 1 aromatic rings. The Morgan fingerprint density at radius 1 is 1.22 bits per heavy atom. The molecular weight excluding hydrogens is 252 g/mol. The van der Waals surface area contributed by atoms with E-state index in [9.17, 15) is 9.59 Å². The third-order valence-corrected chi connectivity index (χ3v) is 2.91. The minimum Gasteiger partial charge on any atom is -0.422 e. The zero-order chi connectivity index (χ0) is 13.4. The molecule has 0 bridgehead atoms. The molecule has 0 amide bonds. The number of carbonyl (C=O) groups is 2. The number of thioether (sulfide) groups is 1. The highest BCUT2D eigenvalue weighted by molar-refractivity contribution is 8.13. The zero-order valence-electron chi connectivity index (χ0n) is 10.4. The summed E-state index contributed by atoms with van der Waals surface area (Å²) in [7, 11) is 0. The number of hydrogen-bond donors (Lipinski definition) is 0. The molecule has 0 saturated carbocycles. The van der Waals surface area contributed by atoms with Crippen molar-refractivity contribution < 1.29 is 19.1 Å². The Hall–Kier alpha value is -1.49. The monoisotopic (exact) mass is 268 g/mol. The van der Waals surface area contributed by atoms with Crippen LogP contribution in [-0.4, -0.2) is 23.3 Å². The molecule has 0 fully saturated rings. The van der Waals surface area contributed by atoms with E-state index in [0.717, 1.165) is 18.2 Å². The molecule has 0 spiro atoms. The van der Waals surface area contributed by atoms with Gasteiger partial charge in [-0.1, -0.05) is 25.1 Å². The van der Waals surface area contributed by atoms with Crippen LogP contribution in [0.1, 0.15) is 30.6 Å². The van der Waals surface area contributed by atoms with Gasteiger partial charge in [0.05, 0.1) is 5.56 Å². The van der Waals surface area contributed by atoms with Crippen LogP contribution in [0.5, 0.6) is 0 Å². The van der Waals surface area contributed by atoms with Crippen molar-refractivity contribution in [2.24, 2.45) is 0 Å². The maximum Gasteiger partial charge on any atom is 0.370 e. The molecule has 0 aliphatic rings. The number of ether oxygens (including phenoxy) is 2. The second-order valence-corrected chi connectivity index (χ2v) is 4.59. The van der Waals surface area contributed by atoms with E-state index in [1.165, 1.54) is 6.92 Å². The number of hydrogen-bond acceptors (Lipinski definition) is 5. The maximum absolute atomic E-state index is 11.6. The van der Waals surface area contributed by atoms with Gasteiger partial charge in [0.1, 0.15) is 0 Å². The normalized spacial score (nSPS) is 11.7. The third-order valence-electron chi connectivity index (χ3n) is 1.97. The van der Waals surface area contributed by atoms with Gasteiger partial charge in [-0.05, 0) is 30.3 Å². The molecule has 0 saturated heterocycles. The number of esters is 1. The summed E-state index contributed by atoms with van der Waals surface area (Å²) in [6.07, 6.45) is 0.00682. The molecule has 98 valence electrons. The summed E-state index contributed by atoms with van der Waals surface area (Å²) in [6, 6.07) is 8.57. The lowest BCUT2D eigenvalue weighted by Gasteiger charge is -2.13. The average Bonchev–Trinajstić information content (AvgIpc) is 2.37. The molecule has 0 aliphatic carbocycles. The molecule has 0 heterocycles. The molecule has 1 atom stereocenters. The fraction of sp³-hybridized carbons (Fsp3) is 0.385. The van der Waals surface area contributed by atoms with E-state index in [4.69, 9.17) is 9.47 Å². The first-order chi connectivity index (χ1) is 8.63. The van der Waals surface area contributed by atoms with Crippen LogP contribution in [0.2, 0.25) is 0 Å². The largest absolute Gasteiger partial charge is 0.422 e. The van der Waals surface area contributed by atoms with Crippen molar-refractivity contribution >= 4 is 23.0 Å². The fourth-order valence-electron chi connectivity index (χ4n) is 1.17.